The smallest absolute Gasteiger partial charge is 0.200 e. The molecule has 0 aromatic carbocycles. The summed E-state index contributed by atoms with van der Waals surface area (Å²) in [7, 11) is 0. The van der Waals surface area contributed by atoms with Gasteiger partial charge in [0, 0.05) is 6.42 Å². The predicted octanol–water partition coefficient (Wildman–Crippen LogP) is 10.8. The fraction of sp³-hybridized carbons (Fsp3) is 1.00. The van der Waals surface area contributed by atoms with Crippen LogP contribution >= 0.6 is 15.3 Å². The molecule has 0 nitrogen and oxygen atoms in total. The maximum absolute atomic E-state index is 14.2. The molecule has 0 radical (unpaired) electrons. The molecular weight excluding hydrogens is 723 g/mol. The zero-order chi connectivity index (χ0) is 34.1. The first-order valence-electron chi connectivity index (χ1n) is 10.5. The van der Waals surface area contributed by atoms with Crippen LogP contribution in [-0.4, -0.2) is 66.2 Å². The molecule has 0 fully saturated rings. The standard InChI is InChI=1S/C18H18BrF21Si/c1-7(2)41(19,8(3)4)6-5-9(20,21)10(22,23)11(24,25)12(26,27)13(28,29)14(30,31)15(32,33)16(34,35)17(36,37)18(38,39)40/h7-8H,5-6H2,1-4H3. The molecule has 41 heavy (non-hydrogen) atoms. The summed E-state index contributed by atoms with van der Waals surface area (Å²) < 4.78 is 282. The lowest BCUT2D eigenvalue weighted by Gasteiger charge is -2.44. The van der Waals surface area contributed by atoms with Crippen molar-refractivity contribution in [2.45, 2.75) is 111 Å². The van der Waals surface area contributed by atoms with Crippen LogP contribution in [0.25, 0.3) is 0 Å². The van der Waals surface area contributed by atoms with Crippen molar-refractivity contribution in [1.82, 2.24) is 0 Å². The second-order valence-corrected chi connectivity index (χ2v) is 18.6. The largest absolute Gasteiger partial charge is 0.460 e. The topological polar surface area (TPSA) is 0 Å². The Morgan fingerprint density at radius 2 is 0.634 bits per heavy atom. The van der Waals surface area contributed by atoms with Crippen LogP contribution < -0.4 is 0 Å². The molecular formula is C18H18BrF21Si. The summed E-state index contributed by atoms with van der Waals surface area (Å²) in [6.45, 7) is 1.84. The third kappa shape index (κ3) is 5.52. The van der Waals surface area contributed by atoms with Gasteiger partial charge in [-0.2, -0.15) is 92.2 Å². The highest BCUT2D eigenvalue weighted by Crippen LogP contribution is 2.66. The average molecular weight is 741 g/mol. The molecule has 0 heterocycles. The second-order valence-electron chi connectivity index (χ2n) is 9.53. The SMILES string of the molecule is CC(C)[Si](Br)(CCC(F)(F)C(F)(F)C(F)(F)C(F)(F)C(F)(F)C(F)(F)C(F)(F)C(F)(F)C(F)(F)C(F)(F)F)C(C)C. The Hall–Kier alpha value is -0.773. The first-order valence-corrected chi connectivity index (χ1v) is 15.1. The summed E-state index contributed by atoms with van der Waals surface area (Å²) in [5.41, 5.74) is -1.37. The first kappa shape index (κ1) is 40.2. The summed E-state index contributed by atoms with van der Waals surface area (Å²) >= 11 is 2.96. The minimum absolute atomic E-state index is 0.685. The molecule has 0 saturated carbocycles. The van der Waals surface area contributed by atoms with Gasteiger partial charge in [-0.15, -0.1) is 15.3 Å². The average Bonchev–Trinajstić information content (AvgIpc) is 2.75. The fourth-order valence-electron chi connectivity index (χ4n) is 3.34. The molecule has 0 aliphatic carbocycles. The Morgan fingerprint density at radius 1 is 0.415 bits per heavy atom. The molecule has 0 unspecified atom stereocenters. The van der Waals surface area contributed by atoms with Crippen molar-refractivity contribution in [2.24, 2.45) is 0 Å². The number of halogens is 22. The van der Waals surface area contributed by atoms with Crippen molar-refractivity contribution in [3.63, 3.8) is 0 Å². The van der Waals surface area contributed by atoms with E-state index in [0.717, 1.165) is 0 Å². The van der Waals surface area contributed by atoms with Crippen LogP contribution in [0, 0.1) is 0 Å². The van der Waals surface area contributed by atoms with E-state index >= 15 is 0 Å². The molecule has 248 valence electrons. The molecule has 0 aliphatic rings. The van der Waals surface area contributed by atoms with Gasteiger partial charge in [0.1, 0.15) is 6.69 Å². The second kappa shape index (κ2) is 10.7. The molecule has 23 heteroatoms. The van der Waals surface area contributed by atoms with Crippen molar-refractivity contribution in [1.29, 1.82) is 0 Å². The molecule has 0 amide bonds. The van der Waals surface area contributed by atoms with E-state index in [1.54, 1.807) is 0 Å². The number of rotatable bonds is 13. The van der Waals surface area contributed by atoms with Gasteiger partial charge < -0.3 is 0 Å². The monoisotopic (exact) mass is 740 g/mol. The Bertz CT molecular complexity index is 912. The Balaban J connectivity index is 6.96. The lowest BCUT2D eigenvalue weighted by Crippen LogP contribution is -2.76. The van der Waals surface area contributed by atoms with Crippen LogP contribution in [0.5, 0.6) is 0 Å². The van der Waals surface area contributed by atoms with E-state index in [9.17, 15) is 92.2 Å². The predicted molar refractivity (Wildman–Crippen MR) is 105 cm³/mol. The van der Waals surface area contributed by atoms with Gasteiger partial charge in [-0.1, -0.05) is 27.7 Å². The van der Waals surface area contributed by atoms with Crippen LogP contribution in [0.1, 0.15) is 34.1 Å². The van der Waals surface area contributed by atoms with Gasteiger partial charge in [0.2, 0.25) is 0 Å². The molecule has 0 N–H and O–H groups in total. The summed E-state index contributed by atoms with van der Waals surface area (Å²) in [4.78, 5) is 0. The van der Waals surface area contributed by atoms with E-state index < -0.39 is 89.7 Å². The van der Waals surface area contributed by atoms with Gasteiger partial charge in [0.25, 0.3) is 0 Å². The molecule has 0 bridgehead atoms. The third-order valence-corrected chi connectivity index (χ3v) is 17.9. The summed E-state index contributed by atoms with van der Waals surface area (Å²) in [6, 6.07) is -1.21. The van der Waals surface area contributed by atoms with Crippen molar-refractivity contribution in [2.75, 3.05) is 0 Å². The lowest BCUT2D eigenvalue weighted by molar-refractivity contribution is -0.474. The molecule has 0 spiro atoms. The molecule has 0 aromatic heterocycles. The molecule has 0 aliphatic heterocycles. The van der Waals surface area contributed by atoms with Crippen LogP contribution in [-0.2, 0) is 0 Å². The number of hydrogen-bond donors (Lipinski definition) is 0. The summed E-state index contributed by atoms with van der Waals surface area (Å²) in [5, 5.41) is 0. The highest BCUT2D eigenvalue weighted by Gasteiger charge is 2.97. The van der Waals surface area contributed by atoms with Crippen molar-refractivity contribution < 1.29 is 92.2 Å². The molecule has 0 rings (SSSR count). The van der Waals surface area contributed by atoms with Gasteiger partial charge in [-0.05, 0) is 17.1 Å². The normalized spacial score (nSPS) is 16.7. The van der Waals surface area contributed by atoms with Crippen LogP contribution in [0.3, 0.4) is 0 Å². The zero-order valence-electron chi connectivity index (χ0n) is 20.4. The van der Waals surface area contributed by atoms with Crippen molar-refractivity contribution >= 4 is 22.0 Å². The highest BCUT2D eigenvalue weighted by atomic mass is 79.9. The third-order valence-electron chi connectivity index (χ3n) is 6.32. The quantitative estimate of drug-likeness (QED) is 0.100. The molecule has 0 atom stereocenters. The maximum Gasteiger partial charge on any atom is 0.460 e. The molecule has 0 saturated heterocycles. The van der Waals surface area contributed by atoms with Gasteiger partial charge in [0.05, 0.1) is 0 Å². The molecule has 0 aromatic rings. The van der Waals surface area contributed by atoms with Gasteiger partial charge in [-0.25, -0.2) is 0 Å². The van der Waals surface area contributed by atoms with Gasteiger partial charge >= 0.3 is 59.5 Å². The number of alkyl halides is 21. The van der Waals surface area contributed by atoms with E-state index in [4.69, 9.17) is 0 Å². The zero-order valence-corrected chi connectivity index (χ0v) is 23.0. The van der Waals surface area contributed by atoms with Crippen molar-refractivity contribution in [3.05, 3.63) is 0 Å². The van der Waals surface area contributed by atoms with Gasteiger partial charge in [0.15, 0.2) is 0 Å². The summed E-state index contributed by atoms with van der Waals surface area (Å²) in [6.07, 6.45) is -10.5. The van der Waals surface area contributed by atoms with E-state index in [1.165, 1.54) is 27.7 Å². The van der Waals surface area contributed by atoms with Gasteiger partial charge in [-0.3, -0.25) is 0 Å². The number of hydrogen-bond acceptors (Lipinski definition) is 0. The van der Waals surface area contributed by atoms with E-state index in [-0.39, 0.29) is 0 Å². The Morgan fingerprint density at radius 3 is 0.854 bits per heavy atom. The summed E-state index contributed by atoms with van der Waals surface area (Å²) in [5.74, 6) is -76.5. The Kier molecular flexibility index (Phi) is 10.5. The minimum atomic E-state index is -9.15. The fourth-order valence-corrected chi connectivity index (χ4v) is 7.12. The van der Waals surface area contributed by atoms with Crippen LogP contribution in [0.2, 0.25) is 17.1 Å². The lowest BCUT2D eigenvalue weighted by atomic mass is 9.86. The van der Waals surface area contributed by atoms with Crippen LogP contribution in [0.4, 0.5) is 92.2 Å². The maximum atomic E-state index is 14.2. The van der Waals surface area contributed by atoms with E-state index in [0.29, 0.717) is 0 Å². The van der Waals surface area contributed by atoms with Crippen LogP contribution in [0.15, 0.2) is 0 Å². The van der Waals surface area contributed by atoms with E-state index in [1.807, 2.05) is 0 Å². The first-order chi connectivity index (χ1) is 17.3. The highest BCUT2D eigenvalue weighted by molar-refractivity contribution is 9.26. The van der Waals surface area contributed by atoms with E-state index in [2.05, 4.69) is 15.3 Å². The van der Waals surface area contributed by atoms with Crippen molar-refractivity contribution in [3.8, 4) is 0 Å². The Labute approximate surface area is 225 Å². The minimum Gasteiger partial charge on any atom is -0.200 e.